The number of aryl methyl sites for hydroxylation is 2. The zero-order valence-corrected chi connectivity index (χ0v) is 24.5. The van der Waals surface area contributed by atoms with E-state index in [1.54, 1.807) is 12.4 Å². The first kappa shape index (κ1) is 27.0. The quantitative estimate of drug-likeness (QED) is 0.200. The summed E-state index contributed by atoms with van der Waals surface area (Å²) in [5.74, 6) is 2.61. The van der Waals surface area contributed by atoms with Crippen LogP contribution in [-0.2, 0) is 0 Å². The lowest BCUT2D eigenvalue weighted by Crippen LogP contribution is -2.00. The van der Waals surface area contributed by atoms with Crippen LogP contribution in [0.25, 0.3) is 67.8 Å². The fourth-order valence-electron chi connectivity index (χ4n) is 5.43. The highest BCUT2D eigenvalue weighted by Gasteiger charge is 2.15. The molecule has 0 spiro atoms. The lowest BCUT2D eigenvalue weighted by Gasteiger charge is -2.13. The van der Waals surface area contributed by atoms with E-state index in [-0.39, 0.29) is 0 Å². The van der Waals surface area contributed by atoms with Gasteiger partial charge in [-0.05, 0) is 60.4 Å². The molecule has 0 bridgehead atoms. The Hall–Kier alpha value is -5.81. The van der Waals surface area contributed by atoms with Gasteiger partial charge in [-0.15, -0.1) is 0 Å². The molecule has 0 aliphatic carbocycles. The van der Waals surface area contributed by atoms with Crippen LogP contribution >= 0.6 is 0 Å². The Morgan fingerprint density at radius 2 is 0.727 bits per heavy atom. The van der Waals surface area contributed by atoms with Crippen molar-refractivity contribution in [1.82, 2.24) is 24.9 Å². The maximum Gasteiger partial charge on any atom is 0.164 e. The first-order valence-electron chi connectivity index (χ1n) is 14.6. The van der Waals surface area contributed by atoms with Crippen molar-refractivity contribution >= 4 is 0 Å². The van der Waals surface area contributed by atoms with Crippen LogP contribution in [-0.4, -0.2) is 24.9 Å². The van der Waals surface area contributed by atoms with E-state index in [4.69, 9.17) is 15.0 Å². The normalized spacial score (nSPS) is 11.0. The van der Waals surface area contributed by atoms with Crippen molar-refractivity contribution in [3.05, 3.63) is 151 Å². The van der Waals surface area contributed by atoms with E-state index in [9.17, 15) is 0 Å². The van der Waals surface area contributed by atoms with E-state index in [1.807, 2.05) is 66.7 Å². The second-order valence-electron chi connectivity index (χ2n) is 10.9. The molecule has 0 saturated carbocycles. The lowest BCUT2D eigenvalue weighted by atomic mass is 9.94. The summed E-state index contributed by atoms with van der Waals surface area (Å²) in [5.41, 5.74) is 10.6. The minimum atomic E-state index is 0.625. The average molecular weight is 568 g/mol. The number of benzene rings is 5. The van der Waals surface area contributed by atoms with Crippen LogP contribution in [0.15, 0.2) is 140 Å². The Morgan fingerprint density at radius 3 is 1.27 bits per heavy atom. The highest BCUT2D eigenvalue weighted by atomic mass is 15.0. The number of hydrogen-bond donors (Lipinski definition) is 0. The van der Waals surface area contributed by atoms with Gasteiger partial charge in [0, 0.05) is 34.6 Å². The minimum absolute atomic E-state index is 0.625. The summed E-state index contributed by atoms with van der Waals surface area (Å²) in [4.78, 5) is 23.7. The zero-order valence-electron chi connectivity index (χ0n) is 24.5. The largest absolute Gasteiger partial charge is 0.237 e. The summed E-state index contributed by atoms with van der Waals surface area (Å²) in [7, 11) is 0. The summed E-state index contributed by atoms with van der Waals surface area (Å²) in [5, 5.41) is 0. The molecule has 210 valence electrons. The Bertz CT molecular complexity index is 1980. The Labute approximate surface area is 257 Å². The molecule has 0 aliphatic rings. The van der Waals surface area contributed by atoms with Gasteiger partial charge in [-0.1, -0.05) is 114 Å². The molecular weight excluding hydrogens is 538 g/mol. The zero-order chi connectivity index (χ0) is 29.9. The molecule has 5 heteroatoms. The third kappa shape index (κ3) is 5.76. The molecular formula is C39H29N5. The van der Waals surface area contributed by atoms with Gasteiger partial charge in [-0.25, -0.2) is 24.9 Å². The third-order valence-electron chi connectivity index (χ3n) is 7.49. The van der Waals surface area contributed by atoms with Crippen LogP contribution in [0.1, 0.15) is 11.1 Å². The maximum absolute atomic E-state index is 5.02. The molecule has 0 saturated heterocycles. The molecule has 5 nitrogen and oxygen atoms in total. The van der Waals surface area contributed by atoms with Gasteiger partial charge in [0.25, 0.3) is 0 Å². The average Bonchev–Trinajstić information content (AvgIpc) is 3.09. The Balaban J connectivity index is 1.42. The molecule has 0 amide bonds. The Kier molecular flexibility index (Phi) is 7.27. The van der Waals surface area contributed by atoms with E-state index >= 15 is 0 Å². The Morgan fingerprint density at radius 1 is 0.318 bits per heavy atom. The fourth-order valence-corrected chi connectivity index (χ4v) is 5.43. The van der Waals surface area contributed by atoms with Crippen molar-refractivity contribution in [2.45, 2.75) is 13.8 Å². The molecule has 44 heavy (non-hydrogen) atoms. The number of rotatable bonds is 6. The summed E-state index contributed by atoms with van der Waals surface area (Å²) < 4.78 is 0. The molecule has 2 heterocycles. The predicted molar refractivity (Wildman–Crippen MR) is 178 cm³/mol. The lowest BCUT2D eigenvalue weighted by molar-refractivity contribution is 1.07. The molecule has 0 N–H and O–H groups in total. The monoisotopic (exact) mass is 567 g/mol. The van der Waals surface area contributed by atoms with Crippen molar-refractivity contribution in [3.8, 4) is 67.8 Å². The first-order valence-corrected chi connectivity index (χ1v) is 14.6. The van der Waals surface area contributed by atoms with E-state index in [0.29, 0.717) is 23.3 Å². The highest BCUT2D eigenvalue weighted by Crippen LogP contribution is 2.34. The van der Waals surface area contributed by atoms with Gasteiger partial charge >= 0.3 is 0 Å². The molecule has 2 aromatic heterocycles. The van der Waals surface area contributed by atoms with Crippen LogP contribution in [0.5, 0.6) is 0 Å². The van der Waals surface area contributed by atoms with Gasteiger partial charge in [0.15, 0.2) is 23.3 Å². The molecule has 0 unspecified atom stereocenters. The van der Waals surface area contributed by atoms with Gasteiger partial charge in [-0.2, -0.15) is 0 Å². The van der Waals surface area contributed by atoms with Crippen LogP contribution in [0.3, 0.4) is 0 Å². The summed E-state index contributed by atoms with van der Waals surface area (Å²) >= 11 is 0. The molecule has 5 aromatic carbocycles. The van der Waals surface area contributed by atoms with Gasteiger partial charge in [0.1, 0.15) is 0 Å². The molecule has 7 rings (SSSR count). The third-order valence-corrected chi connectivity index (χ3v) is 7.49. The van der Waals surface area contributed by atoms with Crippen molar-refractivity contribution in [2.24, 2.45) is 0 Å². The van der Waals surface area contributed by atoms with E-state index in [1.165, 1.54) is 11.1 Å². The number of aromatic nitrogens is 5. The van der Waals surface area contributed by atoms with E-state index in [0.717, 1.165) is 44.5 Å². The molecule has 0 radical (unpaired) electrons. The van der Waals surface area contributed by atoms with Gasteiger partial charge in [0.05, 0.1) is 0 Å². The number of hydrogen-bond acceptors (Lipinski definition) is 5. The minimum Gasteiger partial charge on any atom is -0.237 e. The molecule has 0 aliphatic heterocycles. The maximum atomic E-state index is 5.02. The summed E-state index contributed by atoms with van der Waals surface area (Å²) in [6, 6.07) is 43.6. The van der Waals surface area contributed by atoms with Crippen LogP contribution < -0.4 is 0 Å². The van der Waals surface area contributed by atoms with Crippen LogP contribution in [0.2, 0.25) is 0 Å². The number of nitrogens with zero attached hydrogens (tertiary/aromatic N) is 5. The second kappa shape index (κ2) is 11.8. The van der Waals surface area contributed by atoms with Crippen molar-refractivity contribution < 1.29 is 0 Å². The highest BCUT2D eigenvalue weighted by molar-refractivity contribution is 5.81. The van der Waals surface area contributed by atoms with Crippen molar-refractivity contribution in [2.75, 3.05) is 0 Å². The van der Waals surface area contributed by atoms with Crippen LogP contribution in [0.4, 0.5) is 0 Å². The van der Waals surface area contributed by atoms with E-state index in [2.05, 4.69) is 84.5 Å². The predicted octanol–water partition coefficient (Wildman–Crippen LogP) is 9.28. The van der Waals surface area contributed by atoms with Gasteiger partial charge in [-0.3, -0.25) is 0 Å². The van der Waals surface area contributed by atoms with Gasteiger partial charge in [0.2, 0.25) is 0 Å². The summed E-state index contributed by atoms with van der Waals surface area (Å²) in [6.07, 6.45) is 3.52. The van der Waals surface area contributed by atoms with Crippen LogP contribution in [0, 0.1) is 13.8 Å². The second-order valence-corrected chi connectivity index (χ2v) is 10.9. The fraction of sp³-hybridized carbons (Fsp3) is 0.0513. The van der Waals surface area contributed by atoms with E-state index < -0.39 is 0 Å². The van der Waals surface area contributed by atoms with Crippen molar-refractivity contribution in [3.63, 3.8) is 0 Å². The molecule has 0 atom stereocenters. The topological polar surface area (TPSA) is 64.5 Å². The molecule has 0 fully saturated rings. The standard InChI is InChI=1S/C39H29N5/c1-26-20-27(2)22-32(21-26)34-23-33(28-14-16-31(17-15-28)36-40-18-9-19-41-36)24-35(25-34)39-43-37(29-10-5-3-6-11-29)42-38(44-39)30-12-7-4-8-13-30/h3-25H,1-2H3. The summed E-state index contributed by atoms with van der Waals surface area (Å²) in [6.45, 7) is 4.27. The van der Waals surface area contributed by atoms with Gasteiger partial charge < -0.3 is 0 Å². The SMILES string of the molecule is Cc1cc(C)cc(-c2cc(-c3ccc(-c4ncccn4)cc3)cc(-c3nc(-c4ccccc4)nc(-c4ccccc4)n3)c2)c1. The van der Waals surface area contributed by atoms with Crippen molar-refractivity contribution in [1.29, 1.82) is 0 Å². The first-order chi connectivity index (χ1) is 21.6. The molecule has 7 aromatic rings. The smallest absolute Gasteiger partial charge is 0.164 e.